The van der Waals surface area contributed by atoms with Crippen molar-refractivity contribution in [2.45, 2.75) is 25.3 Å². The molecule has 1 aliphatic rings. The molecule has 1 N–H and O–H groups in total. The number of hydrogen-bond donors (Lipinski definition) is 1. The van der Waals surface area contributed by atoms with Gasteiger partial charge in [-0.05, 0) is 36.1 Å². The van der Waals surface area contributed by atoms with Crippen LogP contribution in [0.25, 0.3) is 0 Å². The smallest absolute Gasteiger partial charge is 0.379 e. The lowest BCUT2D eigenvalue weighted by atomic mass is 10.1. The Morgan fingerprint density at radius 1 is 1.30 bits per heavy atom. The fourth-order valence-electron chi connectivity index (χ4n) is 3.02. The third-order valence-corrected chi connectivity index (χ3v) is 6.69. The van der Waals surface area contributed by atoms with Crippen molar-refractivity contribution < 1.29 is 22.9 Å². The van der Waals surface area contributed by atoms with E-state index in [-0.39, 0.29) is 23.2 Å². The topological polar surface area (TPSA) is 137 Å². The van der Waals surface area contributed by atoms with Crippen molar-refractivity contribution in [3.63, 3.8) is 0 Å². The third kappa shape index (κ3) is 4.83. The van der Waals surface area contributed by atoms with E-state index in [9.17, 15) is 23.3 Å². The lowest BCUT2D eigenvalue weighted by Gasteiger charge is -2.26. The van der Waals surface area contributed by atoms with Gasteiger partial charge in [0.15, 0.2) is 0 Å². The minimum Gasteiger partial charge on any atom is -0.379 e. The van der Waals surface area contributed by atoms with Crippen molar-refractivity contribution in [3.05, 3.63) is 46.1 Å². The summed E-state index contributed by atoms with van der Waals surface area (Å²) in [5.41, 5.74) is 1.04. The quantitative estimate of drug-likeness (QED) is 0.510. The zero-order valence-corrected chi connectivity index (χ0v) is 17.5. The average molecular weight is 437 g/mol. The van der Waals surface area contributed by atoms with Crippen LogP contribution in [0.1, 0.15) is 12.6 Å². The van der Waals surface area contributed by atoms with Gasteiger partial charge in [-0.15, -0.1) is 0 Å². The molecule has 1 amide bonds. The van der Waals surface area contributed by atoms with Crippen LogP contribution in [0.5, 0.6) is 0 Å². The maximum Gasteiger partial charge on any atom is 0.390 e. The standard InChI is InChI=1S/C18H23N5O6S/c1-13(12-22-14(2)11-17(20-22)23(25)26)18(24)19-15-3-5-16(6-4-15)30(27,28)21-7-9-29-10-8-21/h3-6,11,13H,7-10,12H2,1-2H3,(H,19,24). The molecule has 1 saturated heterocycles. The van der Waals surface area contributed by atoms with Crippen LogP contribution in [0.2, 0.25) is 0 Å². The molecule has 0 saturated carbocycles. The van der Waals surface area contributed by atoms with E-state index >= 15 is 0 Å². The molecule has 0 spiro atoms. The Labute approximate surface area is 173 Å². The summed E-state index contributed by atoms with van der Waals surface area (Å²) in [4.78, 5) is 22.9. The largest absolute Gasteiger partial charge is 0.390 e. The number of sulfonamides is 1. The number of rotatable bonds is 7. The number of nitro groups is 1. The zero-order valence-electron chi connectivity index (χ0n) is 16.6. The molecule has 3 rings (SSSR count). The van der Waals surface area contributed by atoms with Crippen molar-refractivity contribution >= 4 is 27.4 Å². The van der Waals surface area contributed by atoms with E-state index in [4.69, 9.17) is 4.74 Å². The number of nitrogens with one attached hydrogen (secondary N) is 1. The van der Waals surface area contributed by atoms with Crippen LogP contribution in [0.4, 0.5) is 11.5 Å². The van der Waals surface area contributed by atoms with Gasteiger partial charge in [-0.2, -0.15) is 8.99 Å². The van der Waals surface area contributed by atoms with Crippen LogP contribution in [0.3, 0.4) is 0 Å². The molecule has 0 radical (unpaired) electrons. The molecule has 1 atom stereocenters. The van der Waals surface area contributed by atoms with Gasteiger partial charge in [0.2, 0.25) is 15.9 Å². The maximum atomic E-state index is 12.6. The normalized spacial score (nSPS) is 16.2. The highest BCUT2D eigenvalue weighted by Crippen LogP contribution is 2.20. The second-order valence-electron chi connectivity index (χ2n) is 7.01. The molecule has 2 aromatic rings. The second-order valence-corrected chi connectivity index (χ2v) is 8.95. The van der Waals surface area contributed by atoms with Crippen LogP contribution in [0, 0.1) is 23.0 Å². The van der Waals surface area contributed by atoms with Gasteiger partial charge in [-0.3, -0.25) is 4.79 Å². The fraction of sp³-hybridized carbons (Fsp3) is 0.444. The summed E-state index contributed by atoms with van der Waals surface area (Å²) in [6.45, 7) is 4.88. The molecular formula is C18H23N5O6S. The summed E-state index contributed by atoms with van der Waals surface area (Å²) in [5, 5.41) is 17.4. The van der Waals surface area contributed by atoms with Gasteiger partial charge in [-0.25, -0.2) is 8.42 Å². The van der Waals surface area contributed by atoms with Gasteiger partial charge in [0.05, 0.1) is 47.4 Å². The van der Waals surface area contributed by atoms with Gasteiger partial charge in [0.25, 0.3) is 0 Å². The van der Waals surface area contributed by atoms with Crippen molar-refractivity contribution in [3.8, 4) is 0 Å². The molecule has 162 valence electrons. The average Bonchev–Trinajstić information content (AvgIpc) is 3.09. The van der Waals surface area contributed by atoms with Gasteiger partial charge >= 0.3 is 5.82 Å². The molecule has 2 heterocycles. The third-order valence-electron chi connectivity index (χ3n) is 4.78. The number of carbonyl (C=O) groups excluding carboxylic acids is 1. The molecule has 1 aliphatic heterocycles. The molecule has 1 aromatic heterocycles. The number of nitrogens with zero attached hydrogens (tertiary/aromatic N) is 4. The fourth-order valence-corrected chi connectivity index (χ4v) is 4.43. The predicted octanol–water partition coefficient (Wildman–Crippen LogP) is 1.40. The molecule has 30 heavy (non-hydrogen) atoms. The lowest BCUT2D eigenvalue weighted by molar-refractivity contribution is -0.389. The minimum absolute atomic E-state index is 0.148. The van der Waals surface area contributed by atoms with E-state index in [0.717, 1.165) is 0 Å². The number of amides is 1. The van der Waals surface area contributed by atoms with Crippen molar-refractivity contribution in [2.24, 2.45) is 5.92 Å². The van der Waals surface area contributed by atoms with Gasteiger partial charge in [-0.1, -0.05) is 6.92 Å². The van der Waals surface area contributed by atoms with Gasteiger partial charge < -0.3 is 20.2 Å². The SMILES string of the molecule is Cc1cc([N+](=O)[O-])nn1CC(C)C(=O)Nc1ccc(S(=O)(=O)N2CCOCC2)cc1. The summed E-state index contributed by atoms with van der Waals surface area (Å²) in [5.74, 6) is -1.09. The van der Waals surface area contributed by atoms with Crippen molar-refractivity contribution in [1.29, 1.82) is 0 Å². The Kier molecular flexibility index (Phi) is 6.48. The van der Waals surface area contributed by atoms with E-state index in [1.807, 2.05) is 0 Å². The van der Waals surface area contributed by atoms with Crippen LogP contribution in [0.15, 0.2) is 35.2 Å². The number of anilines is 1. The highest BCUT2D eigenvalue weighted by Gasteiger charge is 2.26. The molecule has 0 aliphatic carbocycles. The van der Waals surface area contributed by atoms with Crippen molar-refractivity contribution in [1.82, 2.24) is 14.1 Å². The summed E-state index contributed by atoms with van der Waals surface area (Å²) < 4.78 is 33.3. The number of aryl methyl sites for hydroxylation is 1. The van der Waals surface area contributed by atoms with Crippen LogP contribution >= 0.6 is 0 Å². The number of morpholine rings is 1. The van der Waals surface area contributed by atoms with E-state index in [0.29, 0.717) is 37.7 Å². The molecule has 0 bridgehead atoms. The maximum absolute atomic E-state index is 12.6. The Balaban J connectivity index is 1.63. The Hall–Kier alpha value is -2.83. The number of ether oxygens (including phenoxy) is 1. The van der Waals surface area contributed by atoms with E-state index in [1.165, 1.54) is 39.3 Å². The lowest BCUT2D eigenvalue weighted by Crippen LogP contribution is -2.40. The second kappa shape index (κ2) is 8.90. The molecular weight excluding hydrogens is 414 g/mol. The molecule has 1 aromatic carbocycles. The molecule has 1 unspecified atom stereocenters. The predicted molar refractivity (Wildman–Crippen MR) is 107 cm³/mol. The number of benzene rings is 1. The zero-order chi connectivity index (χ0) is 21.9. The van der Waals surface area contributed by atoms with Gasteiger partial charge in [0.1, 0.15) is 0 Å². The Morgan fingerprint density at radius 3 is 2.50 bits per heavy atom. The summed E-state index contributed by atoms with van der Waals surface area (Å²) in [6.07, 6.45) is 0. The Bertz CT molecular complexity index is 1030. The van der Waals surface area contributed by atoms with E-state index < -0.39 is 20.9 Å². The van der Waals surface area contributed by atoms with E-state index in [1.54, 1.807) is 13.8 Å². The first kappa shape index (κ1) is 21.9. The summed E-state index contributed by atoms with van der Waals surface area (Å²) >= 11 is 0. The van der Waals surface area contributed by atoms with Crippen LogP contribution < -0.4 is 5.32 Å². The number of aromatic nitrogens is 2. The van der Waals surface area contributed by atoms with Gasteiger partial charge in [0, 0.05) is 18.8 Å². The van der Waals surface area contributed by atoms with Crippen LogP contribution in [-0.4, -0.2) is 59.6 Å². The minimum atomic E-state index is -3.60. The first-order chi connectivity index (χ1) is 14.2. The van der Waals surface area contributed by atoms with Crippen LogP contribution in [-0.2, 0) is 26.1 Å². The monoisotopic (exact) mass is 437 g/mol. The van der Waals surface area contributed by atoms with Crippen molar-refractivity contribution in [2.75, 3.05) is 31.6 Å². The van der Waals surface area contributed by atoms with E-state index in [2.05, 4.69) is 10.4 Å². The summed E-state index contributed by atoms with van der Waals surface area (Å²) in [6, 6.07) is 7.31. The molecule has 12 heteroatoms. The number of carbonyl (C=O) groups is 1. The first-order valence-corrected chi connectivity index (χ1v) is 10.8. The Morgan fingerprint density at radius 2 is 1.93 bits per heavy atom. The first-order valence-electron chi connectivity index (χ1n) is 9.36. The number of hydrogen-bond acceptors (Lipinski definition) is 7. The molecule has 11 nitrogen and oxygen atoms in total. The highest BCUT2D eigenvalue weighted by molar-refractivity contribution is 7.89. The molecule has 1 fully saturated rings. The summed E-state index contributed by atoms with van der Waals surface area (Å²) in [7, 11) is -3.60. The highest BCUT2D eigenvalue weighted by atomic mass is 32.2.